The molecule has 1 aromatic carbocycles. The highest BCUT2D eigenvalue weighted by atomic mass is 32.1. The van der Waals surface area contributed by atoms with Gasteiger partial charge in [0, 0.05) is 5.56 Å². The molecule has 0 atom stereocenters. The van der Waals surface area contributed by atoms with Crippen LogP contribution in [0, 0.1) is 0 Å². The van der Waals surface area contributed by atoms with E-state index in [1.807, 2.05) is 18.2 Å². The molecule has 0 unspecified atom stereocenters. The lowest BCUT2D eigenvalue weighted by atomic mass is 10.1. The highest BCUT2D eigenvalue weighted by Gasteiger charge is 2.01. The number of ketones is 1. The second-order valence-electron chi connectivity index (χ2n) is 2.59. The number of benzene rings is 1. The molecule has 60 valence electrons. The smallest absolute Gasteiger partial charge is 0.159 e. The summed E-state index contributed by atoms with van der Waals surface area (Å²) in [4.78, 5) is 15.1. The first-order chi connectivity index (χ1) is 5.77. The Balaban J connectivity index is 2.68. The molecule has 0 radical (unpaired) electrons. The summed E-state index contributed by atoms with van der Waals surface area (Å²) in [5.74, 6) is 0.0879. The van der Waals surface area contributed by atoms with Crippen LogP contribution in [0.2, 0.25) is 0 Å². The predicted octanol–water partition coefficient (Wildman–Crippen LogP) is 2.50. The zero-order chi connectivity index (χ0) is 8.55. The molecule has 1 aromatic heterocycles. The molecule has 0 fully saturated rings. The van der Waals surface area contributed by atoms with Crippen molar-refractivity contribution in [2.24, 2.45) is 0 Å². The Morgan fingerprint density at radius 3 is 3.08 bits per heavy atom. The van der Waals surface area contributed by atoms with Crippen molar-refractivity contribution in [2.45, 2.75) is 6.92 Å². The van der Waals surface area contributed by atoms with Gasteiger partial charge in [0.25, 0.3) is 0 Å². The summed E-state index contributed by atoms with van der Waals surface area (Å²) < 4.78 is 1.13. The van der Waals surface area contributed by atoms with Gasteiger partial charge in [0.05, 0.1) is 15.7 Å². The summed E-state index contributed by atoms with van der Waals surface area (Å²) in [7, 11) is 0. The van der Waals surface area contributed by atoms with Crippen molar-refractivity contribution in [3.63, 3.8) is 0 Å². The average molecular weight is 177 g/mol. The zero-order valence-corrected chi connectivity index (χ0v) is 7.39. The van der Waals surface area contributed by atoms with E-state index in [0.717, 1.165) is 15.8 Å². The lowest BCUT2D eigenvalue weighted by Gasteiger charge is -1.93. The van der Waals surface area contributed by atoms with E-state index in [0.29, 0.717) is 0 Å². The number of Topliss-reactive ketones (excluding diaryl/α,β-unsaturated/α-hetero) is 1. The van der Waals surface area contributed by atoms with Crippen LogP contribution in [-0.2, 0) is 0 Å². The van der Waals surface area contributed by atoms with Gasteiger partial charge in [-0.25, -0.2) is 4.98 Å². The molecule has 3 heteroatoms. The number of thiazole rings is 1. The standard InChI is InChI=1S/C9H7NOS/c1-6(11)7-2-3-9-8(4-7)10-5-12-9/h2-5H,1H3. The molecular weight excluding hydrogens is 170 g/mol. The van der Waals surface area contributed by atoms with Gasteiger partial charge in [-0.3, -0.25) is 4.79 Å². The van der Waals surface area contributed by atoms with Crippen LogP contribution in [0.1, 0.15) is 17.3 Å². The predicted molar refractivity (Wildman–Crippen MR) is 49.6 cm³/mol. The fourth-order valence-electron chi connectivity index (χ4n) is 1.08. The Hall–Kier alpha value is -1.22. The molecule has 2 rings (SSSR count). The van der Waals surface area contributed by atoms with E-state index in [9.17, 15) is 4.79 Å². The third kappa shape index (κ3) is 1.12. The Kier molecular flexibility index (Phi) is 1.66. The molecule has 0 saturated heterocycles. The van der Waals surface area contributed by atoms with Crippen molar-refractivity contribution in [3.8, 4) is 0 Å². The Morgan fingerprint density at radius 1 is 1.50 bits per heavy atom. The molecule has 1 heterocycles. The summed E-state index contributed by atoms with van der Waals surface area (Å²) in [5.41, 5.74) is 3.43. The van der Waals surface area contributed by atoms with E-state index in [4.69, 9.17) is 0 Å². The van der Waals surface area contributed by atoms with Gasteiger partial charge in [-0.2, -0.15) is 0 Å². The van der Waals surface area contributed by atoms with Crippen LogP contribution in [-0.4, -0.2) is 10.8 Å². The Bertz CT molecular complexity index is 433. The first kappa shape index (κ1) is 7.43. The van der Waals surface area contributed by atoms with Crippen LogP contribution in [0.5, 0.6) is 0 Å². The normalized spacial score (nSPS) is 10.4. The van der Waals surface area contributed by atoms with E-state index in [1.165, 1.54) is 0 Å². The molecule has 0 saturated carbocycles. The van der Waals surface area contributed by atoms with Crippen LogP contribution in [0.4, 0.5) is 0 Å². The van der Waals surface area contributed by atoms with E-state index in [-0.39, 0.29) is 5.78 Å². The van der Waals surface area contributed by atoms with Gasteiger partial charge in [-0.1, -0.05) is 0 Å². The van der Waals surface area contributed by atoms with E-state index in [2.05, 4.69) is 4.98 Å². The Labute approximate surface area is 73.9 Å². The van der Waals surface area contributed by atoms with Gasteiger partial charge in [-0.05, 0) is 25.1 Å². The molecule has 0 spiro atoms. The third-order valence-electron chi connectivity index (χ3n) is 1.74. The first-order valence-corrected chi connectivity index (χ1v) is 4.49. The van der Waals surface area contributed by atoms with Gasteiger partial charge >= 0.3 is 0 Å². The highest BCUT2D eigenvalue weighted by Crippen LogP contribution is 2.18. The molecule has 0 aliphatic heterocycles. The molecular formula is C9H7NOS. The summed E-state index contributed by atoms with van der Waals surface area (Å²) >= 11 is 1.59. The molecule has 12 heavy (non-hydrogen) atoms. The molecule has 2 aromatic rings. The van der Waals surface area contributed by atoms with Crippen molar-refractivity contribution in [2.75, 3.05) is 0 Å². The second-order valence-corrected chi connectivity index (χ2v) is 3.48. The number of carbonyl (C=O) groups is 1. The van der Waals surface area contributed by atoms with Crippen LogP contribution < -0.4 is 0 Å². The van der Waals surface area contributed by atoms with Gasteiger partial charge in [0.15, 0.2) is 5.78 Å². The molecule has 0 aliphatic rings. The van der Waals surface area contributed by atoms with Gasteiger partial charge < -0.3 is 0 Å². The minimum absolute atomic E-state index is 0.0879. The van der Waals surface area contributed by atoms with Crippen molar-refractivity contribution in [1.82, 2.24) is 4.98 Å². The minimum Gasteiger partial charge on any atom is -0.295 e. The monoisotopic (exact) mass is 177 g/mol. The van der Waals surface area contributed by atoms with Crippen LogP contribution in [0.3, 0.4) is 0 Å². The molecule has 2 nitrogen and oxygen atoms in total. The fraction of sp³-hybridized carbons (Fsp3) is 0.111. The van der Waals surface area contributed by atoms with Crippen molar-refractivity contribution in [3.05, 3.63) is 29.3 Å². The van der Waals surface area contributed by atoms with Crippen LogP contribution >= 0.6 is 11.3 Å². The largest absolute Gasteiger partial charge is 0.295 e. The average Bonchev–Trinajstić information content (AvgIpc) is 2.49. The number of hydrogen-bond acceptors (Lipinski definition) is 3. The van der Waals surface area contributed by atoms with Crippen LogP contribution in [0.25, 0.3) is 10.2 Å². The topological polar surface area (TPSA) is 30.0 Å². The highest BCUT2D eigenvalue weighted by molar-refractivity contribution is 7.16. The van der Waals surface area contributed by atoms with Crippen LogP contribution in [0.15, 0.2) is 23.7 Å². The number of carbonyl (C=O) groups excluding carboxylic acids is 1. The number of hydrogen-bond donors (Lipinski definition) is 0. The van der Waals surface area contributed by atoms with E-state index < -0.39 is 0 Å². The SMILES string of the molecule is CC(=O)c1ccc2scnc2c1. The maximum Gasteiger partial charge on any atom is 0.159 e. The zero-order valence-electron chi connectivity index (χ0n) is 6.57. The van der Waals surface area contributed by atoms with Crippen molar-refractivity contribution >= 4 is 27.3 Å². The minimum atomic E-state index is 0.0879. The summed E-state index contributed by atoms with van der Waals surface area (Å²) in [6, 6.07) is 5.60. The van der Waals surface area contributed by atoms with Crippen molar-refractivity contribution < 1.29 is 4.79 Å². The van der Waals surface area contributed by atoms with Gasteiger partial charge in [0.1, 0.15) is 0 Å². The van der Waals surface area contributed by atoms with E-state index in [1.54, 1.807) is 23.8 Å². The number of aromatic nitrogens is 1. The van der Waals surface area contributed by atoms with Gasteiger partial charge in [0.2, 0.25) is 0 Å². The maximum absolute atomic E-state index is 11.0. The molecule has 0 N–H and O–H groups in total. The Morgan fingerprint density at radius 2 is 2.33 bits per heavy atom. The lowest BCUT2D eigenvalue weighted by Crippen LogP contribution is -1.89. The number of rotatable bonds is 1. The summed E-state index contributed by atoms with van der Waals surface area (Å²) in [6.45, 7) is 1.56. The number of nitrogens with zero attached hydrogens (tertiary/aromatic N) is 1. The summed E-state index contributed by atoms with van der Waals surface area (Å²) in [6.07, 6.45) is 0. The third-order valence-corrected chi connectivity index (χ3v) is 2.55. The molecule has 0 bridgehead atoms. The molecule has 0 aliphatic carbocycles. The van der Waals surface area contributed by atoms with Crippen molar-refractivity contribution in [1.29, 1.82) is 0 Å². The number of fused-ring (bicyclic) bond motifs is 1. The van der Waals surface area contributed by atoms with Gasteiger partial charge in [-0.15, -0.1) is 11.3 Å². The maximum atomic E-state index is 11.0. The quantitative estimate of drug-likeness (QED) is 0.626. The summed E-state index contributed by atoms with van der Waals surface area (Å²) in [5, 5.41) is 0. The second kappa shape index (κ2) is 2.68. The molecule has 0 amide bonds. The lowest BCUT2D eigenvalue weighted by molar-refractivity contribution is 0.101. The fourth-order valence-corrected chi connectivity index (χ4v) is 1.74. The first-order valence-electron chi connectivity index (χ1n) is 3.61. The van der Waals surface area contributed by atoms with E-state index >= 15 is 0 Å².